The summed E-state index contributed by atoms with van der Waals surface area (Å²) in [5.74, 6) is 0.862. The van der Waals surface area contributed by atoms with Crippen molar-refractivity contribution in [3.8, 4) is 5.75 Å². The predicted molar refractivity (Wildman–Crippen MR) is 93.3 cm³/mol. The summed E-state index contributed by atoms with van der Waals surface area (Å²) in [6, 6.07) is 7.22. The maximum Gasteiger partial charge on any atom is 0.254 e. The lowest BCUT2D eigenvalue weighted by Crippen LogP contribution is -2.51. The molecule has 1 fully saturated rings. The van der Waals surface area contributed by atoms with Crippen molar-refractivity contribution in [1.82, 2.24) is 14.7 Å². The van der Waals surface area contributed by atoms with E-state index in [2.05, 4.69) is 4.90 Å². The molecule has 0 unspecified atom stereocenters. The van der Waals surface area contributed by atoms with Gasteiger partial charge >= 0.3 is 0 Å². The molecule has 1 aromatic carbocycles. The Hall–Kier alpha value is -2.08. The maximum atomic E-state index is 12.6. The van der Waals surface area contributed by atoms with E-state index in [1.54, 1.807) is 19.2 Å². The van der Waals surface area contributed by atoms with E-state index in [1.165, 1.54) is 0 Å². The van der Waals surface area contributed by atoms with Crippen LogP contribution in [0, 0.1) is 0 Å². The number of hydrogen-bond donors (Lipinski definition) is 0. The topological polar surface area (TPSA) is 53.1 Å². The number of rotatable bonds is 6. The van der Waals surface area contributed by atoms with Crippen LogP contribution in [0.2, 0.25) is 0 Å². The summed E-state index contributed by atoms with van der Waals surface area (Å²) < 4.78 is 5.18. The van der Waals surface area contributed by atoms with Gasteiger partial charge in [-0.1, -0.05) is 6.07 Å². The van der Waals surface area contributed by atoms with Gasteiger partial charge in [0, 0.05) is 44.8 Å². The van der Waals surface area contributed by atoms with Crippen LogP contribution in [0.1, 0.15) is 24.2 Å². The quantitative estimate of drug-likeness (QED) is 0.788. The Morgan fingerprint density at radius 3 is 2.38 bits per heavy atom. The minimum Gasteiger partial charge on any atom is -0.497 e. The van der Waals surface area contributed by atoms with Crippen molar-refractivity contribution in [3.63, 3.8) is 0 Å². The third-order valence-corrected chi connectivity index (χ3v) is 4.45. The molecule has 0 spiro atoms. The van der Waals surface area contributed by atoms with Crippen molar-refractivity contribution in [1.29, 1.82) is 0 Å². The highest BCUT2D eigenvalue weighted by Crippen LogP contribution is 2.15. The van der Waals surface area contributed by atoms with E-state index in [0.717, 1.165) is 26.2 Å². The van der Waals surface area contributed by atoms with Crippen molar-refractivity contribution in [2.24, 2.45) is 0 Å². The summed E-state index contributed by atoms with van der Waals surface area (Å²) in [5, 5.41) is 0. The number of methoxy groups -OCH3 is 1. The summed E-state index contributed by atoms with van der Waals surface area (Å²) >= 11 is 0. The van der Waals surface area contributed by atoms with Crippen molar-refractivity contribution >= 4 is 11.8 Å². The molecule has 1 saturated heterocycles. The van der Waals surface area contributed by atoms with Gasteiger partial charge in [-0.3, -0.25) is 14.5 Å². The van der Waals surface area contributed by atoms with Crippen LogP contribution >= 0.6 is 0 Å². The van der Waals surface area contributed by atoms with Crippen LogP contribution in [0.15, 0.2) is 24.3 Å². The average Bonchev–Trinajstić information content (AvgIpc) is 2.63. The largest absolute Gasteiger partial charge is 0.497 e. The summed E-state index contributed by atoms with van der Waals surface area (Å²) in [4.78, 5) is 30.5. The first-order valence-corrected chi connectivity index (χ1v) is 8.52. The predicted octanol–water partition coefficient (Wildman–Crippen LogP) is 1.32. The molecule has 132 valence electrons. The number of likely N-dealkylation sites (N-methyl/N-ethyl adjacent to an activating group) is 1. The van der Waals surface area contributed by atoms with E-state index in [1.807, 2.05) is 35.8 Å². The van der Waals surface area contributed by atoms with Gasteiger partial charge in [-0.15, -0.1) is 0 Å². The second kappa shape index (κ2) is 8.68. The van der Waals surface area contributed by atoms with E-state index in [-0.39, 0.29) is 11.8 Å². The molecule has 0 N–H and O–H groups in total. The number of carbonyl (C=O) groups is 2. The molecule has 0 atom stereocenters. The van der Waals surface area contributed by atoms with E-state index in [0.29, 0.717) is 30.9 Å². The number of benzene rings is 1. The monoisotopic (exact) mass is 333 g/mol. The van der Waals surface area contributed by atoms with E-state index >= 15 is 0 Å². The second-order valence-corrected chi connectivity index (χ2v) is 5.87. The normalized spacial score (nSPS) is 15.2. The van der Waals surface area contributed by atoms with Gasteiger partial charge in [-0.2, -0.15) is 0 Å². The highest BCUT2D eigenvalue weighted by Gasteiger charge is 2.24. The van der Waals surface area contributed by atoms with Gasteiger partial charge in [0.15, 0.2) is 0 Å². The molecule has 0 aromatic heterocycles. The molecule has 2 rings (SSSR count). The van der Waals surface area contributed by atoms with Crippen molar-refractivity contribution in [2.45, 2.75) is 13.8 Å². The number of piperazine rings is 1. The molecule has 6 nitrogen and oxygen atoms in total. The van der Waals surface area contributed by atoms with Crippen molar-refractivity contribution < 1.29 is 14.3 Å². The van der Waals surface area contributed by atoms with Gasteiger partial charge in [-0.25, -0.2) is 0 Å². The fourth-order valence-corrected chi connectivity index (χ4v) is 2.92. The highest BCUT2D eigenvalue weighted by atomic mass is 16.5. The van der Waals surface area contributed by atoms with Crippen LogP contribution in [-0.4, -0.2) is 79.4 Å². The van der Waals surface area contributed by atoms with Gasteiger partial charge in [-0.05, 0) is 32.0 Å². The van der Waals surface area contributed by atoms with Crippen LogP contribution in [-0.2, 0) is 4.79 Å². The lowest BCUT2D eigenvalue weighted by molar-refractivity contribution is -0.132. The van der Waals surface area contributed by atoms with Crippen LogP contribution in [0.3, 0.4) is 0 Å². The molecule has 0 radical (unpaired) electrons. The van der Waals surface area contributed by atoms with Gasteiger partial charge in [0.25, 0.3) is 5.91 Å². The molecular formula is C18H27N3O3. The van der Waals surface area contributed by atoms with E-state index < -0.39 is 0 Å². The molecule has 1 aliphatic rings. The first-order valence-electron chi connectivity index (χ1n) is 8.52. The van der Waals surface area contributed by atoms with Crippen LogP contribution in [0.25, 0.3) is 0 Å². The number of amides is 2. The third-order valence-electron chi connectivity index (χ3n) is 4.45. The fourth-order valence-electron chi connectivity index (χ4n) is 2.92. The number of ether oxygens (including phenoxy) is 1. The lowest BCUT2D eigenvalue weighted by atomic mass is 10.1. The molecule has 24 heavy (non-hydrogen) atoms. The Morgan fingerprint density at radius 1 is 1.12 bits per heavy atom. The molecule has 6 heteroatoms. The average molecular weight is 333 g/mol. The van der Waals surface area contributed by atoms with E-state index in [9.17, 15) is 9.59 Å². The molecular weight excluding hydrogens is 306 g/mol. The zero-order valence-electron chi connectivity index (χ0n) is 14.8. The Morgan fingerprint density at radius 2 is 1.79 bits per heavy atom. The maximum absolute atomic E-state index is 12.6. The minimum absolute atomic E-state index is 0.0172. The molecule has 1 aliphatic heterocycles. The van der Waals surface area contributed by atoms with Crippen molar-refractivity contribution in [3.05, 3.63) is 29.8 Å². The molecule has 2 amide bonds. The lowest BCUT2D eigenvalue weighted by Gasteiger charge is -2.35. The second-order valence-electron chi connectivity index (χ2n) is 5.87. The first kappa shape index (κ1) is 18.3. The van der Waals surface area contributed by atoms with Crippen LogP contribution in [0.5, 0.6) is 5.75 Å². The zero-order chi connectivity index (χ0) is 17.5. The Bertz CT molecular complexity index is 564. The molecule has 0 saturated carbocycles. The fraction of sp³-hybridized carbons (Fsp3) is 0.556. The molecule has 1 heterocycles. The van der Waals surface area contributed by atoms with Gasteiger partial charge < -0.3 is 14.5 Å². The van der Waals surface area contributed by atoms with E-state index in [4.69, 9.17) is 4.74 Å². The SMILES string of the molecule is CCN(CC)C(=O)CN1CCN(C(=O)c2cccc(OC)c2)CC1. The van der Waals surface area contributed by atoms with Gasteiger partial charge in [0.2, 0.25) is 5.91 Å². The van der Waals surface area contributed by atoms with Crippen molar-refractivity contribution in [2.75, 3.05) is 52.9 Å². The van der Waals surface area contributed by atoms with Gasteiger partial charge in [0.1, 0.15) is 5.75 Å². The Labute approximate surface area is 144 Å². The van der Waals surface area contributed by atoms with Gasteiger partial charge in [0.05, 0.1) is 13.7 Å². The summed E-state index contributed by atoms with van der Waals surface area (Å²) in [7, 11) is 1.59. The zero-order valence-corrected chi connectivity index (χ0v) is 14.8. The summed E-state index contributed by atoms with van der Waals surface area (Å²) in [6.07, 6.45) is 0. The third kappa shape index (κ3) is 4.47. The number of carbonyl (C=O) groups excluding carboxylic acids is 2. The Kier molecular flexibility index (Phi) is 6.61. The van der Waals surface area contributed by atoms with Crippen LogP contribution in [0.4, 0.5) is 0 Å². The highest BCUT2D eigenvalue weighted by molar-refractivity contribution is 5.94. The molecule has 1 aromatic rings. The molecule has 0 bridgehead atoms. The molecule has 0 aliphatic carbocycles. The number of hydrogen-bond acceptors (Lipinski definition) is 4. The van der Waals surface area contributed by atoms with Crippen LogP contribution < -0.4 is 4.74 Å². The summed E-state index contributed by atoms with van der Waals surface area (Å²) in [6.45, 7) is 8.63. The Balaban J connectivity index is 1.88. The smallest absolute Gasteiger partial charge is 0.254 e. The number of nitrogens with zero attached hydrogens (tertiary/aromatic N) is 3. The standard InChI is InChI=1S/C18H27N3O3/c1-4-20(5-2)17(22)14-19-9-11-21(12-10-19)18(23)15-7-6-8-16(13-15)24-3/h6-8,13H,4-5,9-12,14H2,1-3H3. The first-order chi connectivity index (χ1) is 11.6. The summed E-state index contributed by atoms with van der Waals surface area (Å²) in [5.41, 5.74) is 0.641. The minimum atomic E-state index is 0.0172.